The minimum Gasteiger partial charge on any atom is -0.506 e. The minimum atomic E-state index is 0.330. The summed E-state index contributed by atoms with van der Waals surface area (Å²) >= 11 is 0. The topological polar surface area (TPSA) is 33.1 Å². The lowest BCUT2D eigenvalue weighted by Crippen LogP contribution is -1.97. The van der Waals surface area contributed by atoms with Crippen molar-refractivity contribution in [2.24, 2.45) is 0 Å². The quantitative estimate of drug-likeness (QED) is 0.726. The zero-order chi connectivity index (χ0) is 10.4. The molecule has 1 aromatic heterocycles. The molecule has 0 spiro atoms. The molecule has 2 heteroatoms. The molecule has 0 fully saturated rings. The fraction of sp³-hybridized carbons (Fsp3) is 0.583. The van der Waals surface area contributed by atoms with Gasteiger partial charge in [-0.05, 0) is 18.6 Å². The Kier molecular flexibility index (Phi) is 4.44. The zero-order valence-corrected chi connectivity index (χ0v) is 9.03. The second-order valence-electron chi connectivity index (χ2n) is 3.80. The molecule has 0 aliphatic heterocycles. The lowest BCUT2D eigenvalue weighted by Gasteiger charge is -2.11. The van der Waals surface area contributed by atoms with Crippen molar-refractivity contribution in [3.05, 3.63) is 24.0 Å². The van der Waals surface area contributed by atoms with Gasteiger partial charge < -0.3 is 5.11 Å². The smallest absolute Gasteiger partial charge is 0.137 e. The summed E-state index contributed by atoms with van der Waals surface area (Å²) in [6, 6.07) is 3.47. The molecular formula is C12H19NO. The van der Waals surface area contributed by atoms with Gasteiger partial charge in [-0.1, -0.05) is 33.1 Å². The fourth-order valence-electron chi connectivity index (χ4n) is 1.63. The van der Waals surface area contributed by atoms with Crippen molar-refractivity contribution in [2.45, 2.75) is 45.4 Å². The number of hydrogen-bond acceptors (Lipinski definition) is 2. The van der Waals surface area contributed by atoms with Gasteiger partial charge in [-0.15, -0.1) is 0 Å². The second-order valence-corrected chi connectivity index (χ2v) is 3.80. The highest BCUT2D eigenvalue weighted by atomic mass is 16.3. The van der Waals surface area contributed by atoms with E-state index in [4.69, 9.17) is 0 Å². The molecule has 0 saturated carbocycles. The van der Waals surface area contributed by atoms with Gasteiger partial charge in [0.2, 0.25) is 0 Å². The minimum absolute atomic E-state index is 0.330. The molecule has 0 aromatic carbocycles. The Hall–Kier alpha value is -1.05. The second kappa shape index (κ2) is 5.63. The maximum absolute atomic E-state index is 9.57. The Morgan fingerprint density at radius 3 is 2.86 bits per heavy atom. The Morgan fingerprint density at radius 1 is 1.43 bits per heavy atom. The van der Waals surface area contributed by atoms with Crippen molar-refractivity contribution in [3.63, 3.8) is 0 Å². The first-order valence-electron chi connectivity index (χ1n) is 5.39. The van der Waals surface area contributed by atoms with Crippen molar-refractivity contribution in [1.82, 2.24) is 4.98 Å². The van der Waals surface area contributed by atoms with Crippen LogP contribution in [0.5, 0.6) is 5.75 Å². The fourth-order valence-corrected chi connectivity index (χ4v) is 1.63. The average molecular weight is 193 g/mol. The number of rotatable bonds is 5. The first-order chi connectivity index (χ1) is 6.75. The third-order valence-corrected chi connectivity index (χ3v) is 2.52. The van der Waals surface area contributed by atoms with Crippen LogP contribution in [0, 0.1) is 0 Å². The van der Waals surface area contributed by atoms with Crippen LogP contribution in [0.2, 0.25) is 0 Å². The largest absolute Gasteiger partial charge is 0.506 e. The highest BCUT2D eigenvalue weighted by Gasteiger charge is 2.10. The predicted molar refractivity (Wildman–Crippen MR) is 58.5 cm³/mol. The van der Waals surface area contributed by atoms with E-state index in [1.807, 2.05) is 0 Å². The average Bonchev–Trinajstić information content (AvgIpc) is 2.18. The molecule has 0 amide bonds. The van der Waals surface area contributed by atoms with Crippen LogP contribution in [0.25, 0.3) is 0 Å². The van der Waals surface area contributed by atoms with E-state index >= 15 is 0 Å². The van der Waals surface area contributed by atoms with Crippen LogP contribution in [0.15, 0.2) is 18.3 Å². The van der Waals surface area contributed by atoms with Gasteiger partial charge in [0.15, 0.2) is 0 Å². The molecule has 14 heavy (non-hydrogen) atoms. The maximum atomic E-state index is 9.57. The summed E-state index contributed by atoms with van der Waals surface area (Å²) in [5.74, 6) is 0.694. The van der Waals surface area contributed by atoms with Crippen molar-refractivity contribution in [2.75, 3.05) is 0 Å². The standard InChI is InChI=1S/C12H19NO/c1-3-4-5-7-10(2)12-11(14)8-6-9-13-12/h6,8-10,14H,3-5,7H2,1-2H3. The molecule has 1 N–H and O–H groups in total. The van der Waals surface area contributed by atoms with E-state index in [9.17, 15) is 5.11 Å². The van der Waals surface area contributed by atoms with Gasteiger partial charge in [0.05, 0.1) is 5.69 Å². The predicted octanol–water partition coefficient (Wildman–Crippen LogP) is 3.47. The van der Waals surface area contributed by atoms with Gasteiger partial charge in [-0.25, -0.2) is 0 Å². The van der Waals surface area contributed by atoms with Crippen LogP contribution in [-0.4, -0.2) is 10.1 Å². The first-order valence-corrected chi connectivity index (χ1v) is 5.39. The molecule has 1 heterocycles. The molecule has 0 aliphatic carbocycles. The molecule has 0 aliphatic rings. The molecule has 78 valence electrons. The van der Waals surface area contributed by atoms with Crippen LogP contribution < -0.4 is 0 Å². The van der Waals surface area contributed by atoms with Gasteiger partial charge in [-0.2, -0.15) is 0 Å². The van der Waals surface area contributed by atoms with Crippen LogP contribution in [0.1, 0.15) is 51.1 Å². The Balaban J connectivity index is 2.51. The number of hydrogen-bond donors (Lipinski definition) is 1. The van der Waals surface area contributed by atoms with Gasteiger partial charge in [0.25, 0.3) is 0 Å². The summed E-state index contributed by atoms with van der Waals surface area (Å²) in [7, 11) is 0. The maximum Gasteiger partial charge on any atom is 0.137 e. The molecular weight excluding hydrogens is 174 g/mol. The van der Waals surface area contributed by atoms with E-state index in [1.54, 1.807) is 18.3 Å². The van der Waals surface area contributed by atoms with E-state index in [2.05, 4.69) is 18.8 Å². The van der Waals surface area contributed by atoms with Crippen molar-refractivity contribution in [1.29, 1.82) is 0 Å². The summed E-state index contributed by atoms with van der Waals surface area (Å²) in [6.45, 7) is 4.32. The third-order valence-electron chi connectivity index (χ3n) is 2.52. The molecule has 1 rings (SSSR count). The Labute approximate surface area is 86.0 Å². The van der Waals surface area contributed by atoms with Crippen LogP contribution in [-0.2, 0) is 0 Å². The van der Waals surface area contributed by atoms with E-state index in [0.717, 1.165) is 12.1 Å². The lowest BCUT2D eigenvalue weighted by atomic mass is 9.99. The van der Waals surface area contributed by atoms with E-state index in [0.29, 0.717) is 11.7 Å². The highest BCUT2D eigenvalue weighted by molar-refractivity contribution is 5.27. The van der Waals surface area contributed by atoms with Crippen molar-refractivity contribution in [3.8, 4) is 5.75 Å². The normalized spacial score (nSPS) is 12.7. The number of aromatic hydroxyl groups is 1. The van der Waals surface area contributed by atoms with Crippen molar-refractivity contribution >= 4 is 0 Å². The van der Waals surface area contributed by atoms with Crippen LogP contribution in [0.3, 0.4) is 0 Å². The van der Waals surface area contributed by atoms with Gasteiger partial charge in [0.1, 0.15) is 5.75 Å². The van der Waals surface area contributed by atoms with E-state index in [-0.39, 0.29) is 0 Å². The summed E-state index contributed by atoms with van der Waals surface area (Å²) in [5, 5.41) is 9.57. The number of unbranched alkanes of at least 4 members (excludes halogenated alkanes) is 2. The zero-order valence-electron chi connectivity index (χ0n) is 9.03. The molecule has 1 unspecified atom stereocenters. The molecule has 0 saturated heterocycles. The summed E-state index contributed by atoms with van der Waals surface area (Å²) in [6.07, 6.45) is 6.57. The molecule has 2 nitrogen and oxygen atoms in total. The lowest BCUT2D eigenvalue weighted by molar-refractivity contribution is 0.452. The summed E-state index contributed by atoms with van der Waals surface area (Å²) < 4.78 is 0. The van der Waals surface area contributed by atoms with Crippen LogP contribution in [0.4, 0.5) is 0 Å². The Bertz CT molecular complexity index is 273. The van der Waals surface area contributed by atoms with Gasteiger partial charge in [-0.3, -0.25) is 4.98 Å². The number of nitrogens with zero attached hydrogens (tertiary/aromatic N) is 1. The number of pyridine rings is 1. The molecule has 1 atom stereocenters. The number of aromatic nitrogens is 1. The third kappa shape index (κ3) is 3.02. The molecule has 0 radical (unpaired) electrons. The van der Waals surface area contributed by atoms with Gasteiger partial charge >= 0.3 is 0 Å². The van der Waals surface area contributed by atoms with Gasteiger partial charge in [0, 0.05) is 12.1 Å². The van der Waals surface area contributed by atoms with E-state index in [1.165, 1.54) is 19.3 Å². The highest BCUT2D eigenvalue weighted by Crippen LogP contribution is 2.26. The van der Waals surface area contributed by atoms with E-state index < -0.39 is 0 Å². The SMILES string of the molecule is CCCCCC(C)c1ncccc1O. The Morgan fingerprint density at radius 2 is 2.21 bits per heavy atom. The molecule has 0 bridgehead atoms. The molecule has 1 aromatic rings. The van der Waals surface area contributed by atoms with Crippen molar-refractivity contribution < 1.29 is 5.11 Å². The first kappa shape index (κ1) is 11.0. The monoisotopic (exact) mass is 193 g/mol. The summed E-state index contributed by atoms with van der Waals surface area (Å²) in [4.78, 5) is 4.21. The summed E-state index contributed by atoms with van der Waals surface area (Å²) in [5.41, 5.74) is 0.837. The van der Waals surface area contributed by atoms with Crippen LogP contribution >= 0.6 is 0 Å².